The summed E-state index contributed by atoms with van der Waals surface area (Å²) in [4.78, 5) is 12.2. The maximum atomic E-state index is 13.2. The summed E-state index contributed by atoms with van der Waals surface area (Å²) in [5.74, 6) is -0.497. The summed E-state index contributed by atoms with van der Waals surface area (Å²) in [6, 6.07) is 4.32. The molecule has 1 aromatic heterocycles. The Labute approximate surface area is 104 Å². The molecule has 0 N–H and O–H groups in total. The van der Waals surface area contributed by atoms with Gasteiger partial charge in [0.05, 0.1) is 6.20 Å². The Balaban J connectivity index is 2.35. The molecule has 0 bridgehead atoms. The minimum absolute atomic E-state index is 0.184. The van der Waals surface area contributed by atoms with E-state index in [2.05, 4.69) is 10.3 Å². The van der Waals surface area contributed by atoms with Crippen LogP contribution < -0.4 is 0 Å². The number of carbonyl (C=O) groups excluding carboxylic acids is 1. The molecular weight excluding hydrogens is 233 g/mol. The Kier molecular flexibility index (Phi) is 3.50. The first-order valence-corrected chi connectivity index (χ1v) is 5.82. The van der Waals surface area contributed by atoms with Crippen molar-refractivity contribution in [2.45, 2.75) is 26.8 Å². The summed E-state index contributed by atoms with van der Waals surface area (Å²) < 4.78 is 14.7. The lowest BCUT2D eigenvalue weighted by Crippen LogP contribution is -2.11. The van der Waals surface area contributed by atoms with Gasteiger partial charge < -0.3 is 0 Å². The smallest absolute Gasteiger partial charge is 0.212 e. The first-order valence-electron chi connectivity index (χ1n) is 5.82. The molecule has 0 saturated heterocycles. The summed E-state index contributed by atoms with van der Waals surface area (Å²) in [6.07, 6.45) is 2.31. The van der Waals surface area contributed by atoms with Gasteiger partial charge in [0.15, 0.2) is 0 Å². The molecule has 0 saturated carbocycles. The van der Waals surface area contributed by atoms with E-state index in [0.29, 0.717) is 23.4 Å². The number of aromatic nitrogens is 3. The highest BCUT2D eigenvalue weighted by Gasteiger charge is 2.15. The average molecular weight is 247 g/mol. The highest BCUT2D eigenvalue weighted by atomic mass is 19.1. The lowest BCUT2D eigenvalue weighted by Gasteiger charge is -2.05. The van der Waals surface area contributed by atoms with Crippen LogP contribution in [0.5, 0.6) is 0 Å². The summed E-state index contributed by atoms with van der Waals surface area (Å²) >= 11 is 0. The fraction of sp³-hybridized carbons (Fsp3) is 0.308. The van der Waals surface area contributed by atoms with Gasteiger partial charge in [0.2, 0.25) is 5.78 Å². The van der Waals surface area contributed by atoms with Crippen LogP contribution in [-0.2, 0) is 6.54 Å². The third kappa shape index (κ3) is 2.30. The second-order valence-corrected chi connectivity index (χ2v) is 4.14. The molecule has 4 nitrogen and oxygen atoms in total. The minimum atomic E-state index is -0.313. The van der Waals surface area contributed by atoms with E-state index in [1.807, 2.05) is 6.92 Å². The topological polar surface area (TPSA) is 47.8 Å². The molecule has 5 heteroatoms. The van der Waals surface area contributed by atoms with Gasteiger partial charge in [-0.3, -0.25) is 4.79 Å². The van der Waals surface area contributed by atoms with Crippen LogP contribution in [-0.4, -0.2) is 20.8 Å². The van der Waals surface area contributed by atoms with Crippen molar-refractivity contribution in [3.63, 3.8) is 0 Å². The molecule has 0 aliphatic carbocycles. The molecule has 0 spiro atoms. The van der Waals surface area contributed by atoms with E-state index < -0.39 is 0 Å². The molecule has 94 valence electrons. The number of halogens is 1. The van der Waals surface area contributed by atoms with Crippen LogP contribution in [0, 0.1) is 12.7 Å². The molecule has 0 atom stereocenters. The zero-order valence-corrected chi connectivity index (χ0v) is 10.4. The first kappa shape index (κ1) is 12.4. The molecule has 0 radical (unpaired) electrons. The Hall–Kier alpha value is -2.04. The zero-order valence-electron chi connectivity index (χ0n) is 10.4. The highest BCUT2D eigenvalue weighted by molar-refractivity contribution is 6.07. The van der Waals surface area contributed by atoms with E-state index >= 15 is 0 Å². The number of ketones is 1. The number of nitrogens with zero attached hydrogens (tertiary/aromatic N) is 3. The molecule has 1 heterocycles. The van der Waals surface area contributed by atoms with Crippen molar-refractivity contribution < 1.29 is 9.18 Å². The third-order valence-electron chi connectivity index (χ3n) is 2.71. The van der Waals surface area contributed by atoms with E-state index in [-0.39, 0.29) is 11.6 Å². The summed E-state index contributed by atoms with van der Waals surface area (Å²) in [6.45, 7) is 4.27. The predicted octanol–water partition coefficient (Wildman–Crippen LogP) is 2.37. The normalized spacial score (nSPS) is 10.6. The largest absolute Gasteiger partial charge is 0.287 e. The number of rotatable bonds is 4. The monoisotopic (exact) mass is 247 g/mol. The van der Waals surface area contributed by atoms with E-state index in [4.69, 9.17) is 0 Å². The standard InChI is InChI=1S/C13H14FN3O/c1-3-6-17-12(8-15-16-17)13(18)10-4-5-11(14)9(2)7-10/h4-5,7-8H,3,6H2,1-2H3. The van der Waals surface area contributed by atoms with E-state index in [0.717, 1.165) is 6.42 Å². The van der Waals surface area contributed by atoms with E-state index in [1.54, 1.807) is 17.7 Å². The van der Waals surface area contributed by atoms with Crippen molar-refractivity contribution in [2.75, 3.05) is 0 Å². The second kappa shape index (κ2) is 5.08. The zero-order chi connectivity index (χ0) is 13.1. The van der Waals surface area contributed by atoms with Gasteiger partial charge in [-0.25, -0.2) is 9.07 Å². The molecule has 2 aromatic rings. The highest BCUT2D eigenvalue weighted by Crippen LogP contribution is 2.13. The summed E-state index contributed by atoms with van der Waals surface area (Å²) in [5.41, 5.74) is 1.34. The summed E-state index contributed by atoms with van der Waals surface area (Å²) in [5, 5.41) is 7.61. The van der Waals surface area contributed by atoms with Crippen LogP contribution in [0.3, 0.4) is 0 Å². The minimum Gasteiger partial charge on any atom is -0.287 e. The Bertz CT molecular complexity index is 577. The molecule has 0 fully saturated rings. The molecule has 0 aliphatic heterocycles. The van der Waals surface area contributed by atoms with Crippen LogP contribution in [0.2, 0.25) is 0 Å². The maximum absolute atomic E-state index is 13.2. The first-order chi connectivity index (χ1) is 8.63. The number of hydrogen-bond donors (Lipinski definition) is 0. The maximum Gasteiger partial charge on any atom is 0.212 e. The van der Waals surface area contributed by atoms with Gasteiger partial charge in [-0.1, -0.05) is 12.1 Å². The van der Waals surface area contributed by atoms with Crippen LogP contribution in [0.15, 0.2) is 24.4 Å². The number of hydrogen-bond acceptors (Lipinski definition) is 3. The number of carbonyl (C=O) groups is 1. The fourth-order valence-electron chi connectivity index (χ4n) is 1.74. The van der Waals surface area contributed by atoms with Gasteiger partial charge in [0.1, 0.15) is 11.5 Å². The lowest BCUT2D eigenvalue weighted by atomic mass is 10.1. The summed E-state index contributed by atoms with van der Waals surface area (Å²) in [7, 11) is 0. The molecule has 1 aromatic carbocycles. The van der Waals surface area contributed by atoms with Gasteiger partial charge in [0.25, 0.3) is 0 Å². The van der Waals surface area contributed by atoms with Gasteiger partial charge in [-0.15, -0.1) is 5.10 Å². The molecular formula is C13H14FN3O. The lowest BCUT2D eigenvalue weighted by molar-refractivity contribution is 0.102. The second-order valence-electron chi connectivity index (χ2n) is 4.14. The van der Waals surface area contributed by atoms with Gasteiger partial charge >= 0.3 is 0 Å². The van der Waals surface area contributed by atoms with Crippen LogP contribution in [0.1, 0.15) is 35.0 Å². The molecule has 2 rings (SSSR count). The van der Waals surface area contributed by atoms with Crippen LogP contribution in [0.4, 0.5) is 4.39 Å². The Morgan fingerprint density at radius 3 is 2.89 bits per heavy atom. The average Bonchev–Trinajstić information content (AvgIpc) is 2.80. The van der Waals surface area contributed by atoms with Crippen LogP contribution in [0.25, 0.3) is 0 Å². The Morgan fingerprint density at radius 2 is 2.22 bits per heavy atom. The van der Waals surface area contributed by atoms with Crippen molar-refractivity contribution in [3.8, 4) is 0 Å². The van der Waals surface area contributed by atoms with Crippen molar-refractivity contribution in [1.29, 1.82) is 0 Å². The molecule has 18 heavy (non-hydrogen) atoms. The van der Waals surface area contributed by atoms with Gasteiger partial charge in [-0.05, 0) is 37.1 Å². The number of aryl methyl sites for hydroxylation is 2. The Morgan fingerprint density at radius 1 is 1.44 bits per heavy atom. The van der Waals surface area contributed by atoms with Crippen molar-refractivity contribution >= 4 is 5.78 Å². The van der Waals surface area contributed by atoms with Crippen molar-refractivity contribution in [2.24, 2.45) is 0 Å². The molecule has 0 aliphatic rings. The van der Waals surface area contributed by atoms with Crippen LogP contribution >= 0.6 is 0 Å². The predicted molar refractivity (Wildman–Crippen MR) is 64.9 cm³/mol. The molecule has 0 amide bonds. The fourth-order valence-corrected chi connectivity index (χ4v) is 1.74. The number of benzene rings is 1. The SMILES string of the molecule is CCCn1nncc1C(=O)c1ccc(F)c(C)c1. The van der Waals surface area contributed by atoms with Gasteiger partial charge in [-0.2, -0.15) is 0 Å². The van der Waals surface area contributed by atoms with E-state index in [9.17, 15) is 9.18 Å². The molecule has 0 unspecified atom stereocenters. The van der Waals surface area contributed by atoms with Gasteiger partial charge in [0, 0.05) is 12.1 Å². The third-order valence-corrected chi connectivity index (χ3v) is 2.71. The van der Waals surface area contributed by atoms with Crippen molar-refractivity contribution in [3.05, 3.63) is 47.0 Å². The quantitative estimate of drug-likeness (QED) is 0.779. The van der Waals surface area contributed by atoms with Crippen molar-refractivity contribution in [1.82, 2.24) is 15.0 Å². The van der Waals surface area contributed by atoms with E-state index in [1.165, 1.54) is 18.3 Å².